The molecule has 1 N–H and O–H groups in total. The molecule has 0 unspecified atom stereocenters. The van der Waals surface area contributed by atoms with Crippen LogP contribution in [0.5, 0.6) is 5.75 Å². The topological polar surface area (TPSA) is 77.5 Å². The molecule has 0 radical (unpaired) electrons. The van der Waals surface area contributed by atoms with Crippen molar-refractivity contribution in [1.29, 1.82) is 0 Å². The lowest BCUT2D eigenvalue weighted by atomic mass is 9.98. The molecule has 1 aliphatic heterocycles. The van der Waals surface area contributed by atoms with Gasteiger partial charge in [-0.25, -0.2) is 13.1 Å². The third kappa shape index (κ3) is 5.65. The average molecular weight is 411 g/mol. The molecule has 0 bridgehead atoms. The van der Waals surface area contributed by atoms with Crippen molar-refractivity contribution in [3.05, 3.63) is 47.6 Å². The number of halogens is 1. The molecular formula is C19H23ClN2O4S. The lowest BCUT2D eigenvalue weighted by Gasteiger charge is -2.31. The van der Waals surface area contributed by atoms with Gasteiger partial charge in [-0.1, -0.05) is 11.6 Å². The number of sulfonamides is 1. The maximum Gasteiger partial charge on any atom is 0.211 e. The standard InChI is InChI=1S/C19H23ClN2O4S/c1-2-27(23,24)22-19-9-10-25-12-15(19)13-26-17-6-3-14(4-7-17)18-8-5-16(20)11-21-18/h3-8,11,15,19,22H,2,9-10,12-13H2,1H3/t15-,19+/m1/s1. The number of ether oxygens (including phenoxy) is 2. The predicted octanol–water partition coefficient (Wildman–Crippen LogP) is 3.13. The Hall–Kier alpha value is -1.67. The van der Waals surface area contributed by atoms with E-state index < -0.39 is 10.0 Å². The lowest BCUT2D eigenvalue weighted by Crippen LogP contribution is -2.47. The molecule has 3 rings (SSSR count). The van der Waals surface area contributed by atoms with Gasteiger partial charge in [0.05, 0.1) is 29.7 Å². The van der Waals surface area contributed by atoms with Gasteiger partial charge in [-0.3, -0.25) is 4.98 Å². The first kappa shape index (κ1) is 20.1. The van der Waals surface area contributed by atoms with Crippen LogP contribution in [0.3, 0.4) is 0 Å². The van der Waals surface area contributed by atoms with Crippen LogP contribution in [0.2, 0.25) is 5.02 Å². The number of hydrogen-bond donors (Lipinski definition) is 1. The molecule has 1 aromatic heterocycles. The zero-order valence-corrected chi connectivity index (χ0v) is 16.7. The first-order valence-corrected chi connectivity index (χ1v) is 10.9. The molecule has 0 amide bonds. The zero-order chi connectivity index (χ0) is 19.3. The zero-order valence-electron chi connectivity index (χ0n) is 15.1. The fraction of sp³-hybridized carbons (Fsp3) is 0.421. The number of nitrogens with one attached hydrogen (secondary N) is 1. The fourth-order valence-electron chi connectivity index (χ4n) is 2.90. The second-order valence-electron chi connectivity index (χ2n) is 6.45. The monoisotopic (exact) mass is 410 g/mol. The maximum absolute atomic E-state index is 11.9. The van der Waals surface area contributed by atoms with Gasteiger partial charge >= 0.3 is 0 Å². The van der Waals surface area contributed by atoms with Crippen molar-refractivity contribution in [3.63, 3.8) is 0 Å². The molecule has 2 aromatic rings. The number of aromatic nitrogens is 1. The molecule has 1 saturated heterocycles. The summed E-state index contributed by atoms with van der Waals surface area (Å²) in [7, 11) is -3.25. The Kier molecular flexibility index (Phi) is 6.70. The van der Waals surface area contributed by atoms with E-state index in [0.29, 0.717) is 31.3 Å². The van der Waals surface area contributed by atoms with Crippen LogP contribution < -0.4 is 9.46 Å². The van der Waals surface area contributed by atoms with E-state index in [1.807, 2.05) is 30.3 Å². The predicted molar refractivity (Wildman–Crippen MR) is 105 cm³/mol. The highest BCUT2D eigenvalue weighted by molar-refractivity contribution is 7.89. The average Bonchev–Trinajstić information content (AvgIpc) is 2.68. The van der Waals surface area contributed by atoms with Gasteiger partial charge in [0.25, 0.3) is 0 Å². The highest BCUT2D eigenvalue weighted by atomic mass is 35.5. The highest BCUT2D eigenvalue weighted by Gasteiger charge is 2.29. The third-order valence-electron chi connectivity index (χ3n) is 4.53. The summed E-state index contributed by atoms with van der Waals surface area (Å²) in [5, 5.41) is 0.599. The number of pyridine rings is 1. The Balaban J connectivity index is 1.60. The normalized spacial score (nSPS) is 20.4. The van der Waals surface area contributed by atoms with Crippen LogP contribution >= 0.6 is 11.6 Å². The number of nitrogens with zero attached hydrogens (tertiary/aromatic N) is 1. The minimum Gasteiger partial charge on any atom is -0.493 e. The quantitative estimate of drug-likeness (QED) is 0.758. The van der Waals surface area contributed by atoms with Gasteiger partial charge in [-0.05, 0) is 49.7 Å². The third-order valence-corrected chi connectivity index (χ3v) is 6.17. The first-order chi connectivity index (χ1) is 13.0. The van der Waals surface area contributed by atoms with Crippen molar-refractivity contribution >= 4 is 21.6 Å². The molecule has 0 spiro atoms. The second kappa shape index (κ2) is 9.01. The summed E-state index contributed by atoms with van der Waals surface area (Å²) in [5.74, 6) is 0.756. The van der Waals surface area contributed by atoms with Crippen molar-refractivity contribution in [3.8, 4) is 17.0 Å². The molecule has 146 valence electrons. The largest absolute Gasteiger partial charge is 0.493 e. The Bertz CT molecular complexity index is 841. The van der Waals surface area contributed by atoms with E-state index in [1.165, 1.54) is 0 Å². The van der Waals surface area contributed by atoms with E-state index in [1.54, 1.807) is 19.2 Å². The smallest absolute Gasteiger partial charge is 0.211 e. The molecule has 2 atom stereocenters. The van der Waals surface area contributed by atoms with E-state index in [0.717, 1.165) is 17.0 Å². The minimum atomic E-state index is -3.25. The van der Waals surface area contributed by atoms with Crippen molar-refractivity contribution in [2.24, 2.45) is 5.92 Å². The molecular weight excluding hydrogens is 388 g/mol. The van der Waals surface area contributed by atoms with Crippen molar-refractivity contribution < 1.29 is 17.9 Å². The fourth-order valence-corrected chi connectivity index (χ4v) is 3.95. The molecule has 6 nitrogen and oxygen atoms in total. The highest BCUT2D eigenvalue weighted by Crippen LogP contribution is 2.23. The van der Waals surface area contributed by atoms with Gasteiger partial charge in [0.1, 0.15) is 5.75 Å². The van der Waals surface area contributed by atoms with E-state index in [-0.39, 0.29) is 17.7 Å². The molecule has 8 heteroatoms. The van der Waals surface area contributed by atoms with Crippen LogP contribution in [-0.4, -0.2) is 45.0 Å². The van der Waals surface area contributed by atoms with Crippen LogP contribution in [0.25, 0.3) is 11.3 Å². The van der Waals surface area contributed by atoms with Crippen molar-refractivity contribution in [2.75, 3.05) is 25.6 Å². The first-order valence-electron chi connectivity index (χ1n) is 8.89. The minimum absolute atomic E-state index is 0.0299. The summed E-state index contributed by atoms with van der Waals surface area (Å²) >= 11 is 5.87. The second-order valence-corrected chi connectivity index (χ2v) is 8.93. The molecule has 27 heavy (non-hydrogen) atoms. The van der Waals surface area contributed by atoms with Gasteiger partial charge < -0.3 is 9.47 Å². The number of rotatable bonds is 7. The molecule has 1 aromatic carbocycles. The Morgan fingerprint density at radius 1 is 1.26 bits per heavy atom. The molecule has 0 saturated carbocycles. The van der Waals surface area contributed by atoms with Crippen LogP contribution in [-0.2, 0) is 14.8 Å². The Morgan fingerprint density at radius 3 is 2.70 bits per heavy atom. The number of hydrogen-bond acceptors (Lipinski definition) is 5. The lowest BCUT2D eigenvalue weighted by molar-refractivity contribution is 0.0186. The van der Waals surface area contributed by atoms with E-state index >= 15 is 0 Å². The van der Waals surface area contributed by atoms with Crippen LogP contribution in [0.1, 0.15) is 13.3 Å². The molecule has 2 heterocycles. The van der Waals surface area contributed by atoms with E-state index in [2.05, 4.69) is 9.71 Å². The number of benzene rings is 1. The molecule has 0 aliphatic carbocycles. The summed E-state index contributed by atoms with van der Waals surface area (Å²) in [6.45, 7) is 3.04. The van der Waals surface area contributed by atoms with Crippen molar-refractivity contribution in [2.45, 2.75) is 19.4 Å². The van der Waals surface area contributed by atoms with Gasteiger partial charge in [0.15, 0.2) is 0 Å². The summed E-state index contributed by atoms with van der Waals surface area (Å²) in [4.78, 5) is 4.30. The van der Waals surface area contributed by atoms with E-state index in [9.17, 15) is 8.42 Å². The van der Waals surface area contributed by atoms with Crippen LogP contribution in [0, 0.1) is 5.92 Å². The summed E-state index contributed by atoms with van der Waals surface area (Å²) in [6.07, 6.45) is 2.26. The van der Waals surface area contributed by atoms with Gasteiger partial charge in [-0.15, -0.1) is 0 Å². The van der Waals surface area contributed by atoms with Crippen LogP contribution in [0.15, 0.2) is 42.6 Å². The SMILES string of the molecule is CCS(=O)(=O)N[C@H]1CCOC[C@@H]1COc1ccc(-c2ccc(Cl)cn2)cc1. The Morgan fingerprint density at radius 2 is 2.04 bits per heavy atom. The summed E-state index contributed by atoms with van der Waals surface area (Å²) < 4.78 is 37.9. The molecule has 1 aliphatic rings. The van der Waals surface area contributed by atoms with Crippen LogP contribution in [0.4, 0.5) is 0 Å². The Labute approximate surface area is 164 Å². The van der Waals surface area contributed by atoms with Gasteiger partial charge in [0, 0.05) is 30.3 Å². The van der Waals surface area contributed by atoms with Gasteiger partial charge in [-0.2, -0.15) is 0 Å². The maximum atomic E-state index is 11.9. The summed E-state index contributed by atoms with van der Waals surface area (Å²) in [6, 6.07) is 11.1. The van der Waals surface area contributed by atoms with E-state index in [4.69, 9.17) is 21.1 Å². The summed E-state index contributed by atoms with van der Waals surface area (Å²) in [5.41, 5.74) is 1.80. The van der Waals surface area contributed by atoms with Crippen molar-refractivity contribution in [1.82, 2.24) is 9.71 Å². The molecule has 1 fully saturated rings. The van der Waals surface area contributed by atoms with Gasteiger partial charge in [0.2, 0.25) is 10.0 Å².